The third-order valence-corrected chi connectivity index (χ3v) is 12.7. The molecule has 0 bridgehead atoms. The average Bonchev–Trinajstić information content (AvgIpc) is 3.60. The lowest BCUT2D eigenvalue weighted by Gasteiger charge is -2.22. The number of nitrogens with zero attached hydrogens (tertiary/aromatic N) is 2. The molecule has 0 unspecified atom stereocenters. The molecule has 0 saturated heterocycles. The molecular formula is C54H40N2. The Labute approximate surface area is 328 Å². The van der Waals surface area contributed by atoms with Crippen LogP contribution in [0.1, 0.15) is 49.9 Å². The normalized spacial score (nSPS) is 14.4. The van der Waals surface area contributed by atoms with Gasteiger partial charge in [-0.2, -0.15) is 0 Å². The van der Waals surface area contributed by atoms with Crippen LogP contribution in [0, 0.1) is 0 Å². The first-order valence-corrected chi connectivity index (χ1v) is 19.7. The van der Waals surface area contributed by atoms with E-state index >= 15 is 0 Å². The van der Waals surface area contributed by atoms with Crippen molar-refractivity contribution in [2.75, 3.05) is 0 Å². The summed E-state index contributed by atoms with van der Waals surface area (Å²) in [6, 6.07) is 62.1. The van der Waals surface area contributed by atoms with Gasteiger partial charge in [0.1, 0.15) is 0 Å². The Kier molecular flexibility index (Phi) is 6.98. The Morgan fingerprint density at radius 3 is 1.57 bits per heavy atom. The van der Waals surface area contributed by atoms with E-state index in [0.717, 1.165) is 33.9 Å². The van der Waals surface area contributed by atoms with Gasteiger partial charge in [0.25, 0.3) is 0 Å². The van der Waals surface area contributed by atoms with Crippen molar-refractivity contribution in [2.45, 2.75) is 38.5 Å². The van der Waals surface area contributed by atoms with Gasteiger partial charge in [0.2, 0.25) is 0 Å². The van der Waals surface area contributed by atoms with E-state index in [4.69, 9.17) is 9.97 Å². The molecule has 0 radical (unpaired) electrons. The van der Waals surface area contributed by atoms with Gasteiger partial charge < -0.3 is 0 Å². The summed E-state index contributed by atoms with van der Waals surface area (Å²) in [5.74, 6) is 0.719. The van der Waals surface area contributed by atoms with Gasteiger partial charge in [-0.15, -0.1) is 0 Å². The predicted molar refractivity (Wildman–Crippen MR) is 234 cm³/mol. The highest BCUT2D eigenvalue weighted by atomic mass is 14.9. The van der Waals surface area contributed by atoms with Gasteiger partial charge in [-0.1, -0.05) is 161 Å². The molecular weight excluding hydrogens is 677 g/mol. The maximum absolute atomic E-state index is 5.35. The van der Waals surface area contributed by atoms with Crippen LogP contribution in [-0.2, 0) is 10.8 Å². The molecule has 56 heavy (non-hydrogen) atoms. The molecule has 9 aromatic rings. The molecule has 2 heteroatoms. The minimum absolute atomic E-state index is 0.104. The first-order chi connectivity index (χ1) is 27.3. The Morgan fingerprint density at radius 1 is 0.321 bits per heavy atom. The van der Waals surface area contributed by atoms with Crippen LogP contribution in [0.2, 0.25) is 0 Å². The fraction of sp³-hybridized carbons (Fsp3) is 0.111. The number of hydrogen-bond donors (Lipinski definition) is 0. The molecule has 2 aliphatic carbocycles. The Bertz CT molecular complexity index is 3080. The van der Waals surface area contributed by atoms with Crippen LogP contribution in [0.25, 0.3) is 88.8 Å². The first-order valence-electron chi connectivity index (χ1n) is 19.7. The number of rotatable bonds is 4. The van der Waals surface area contributed by atoms with Gasteiger partial charge in [0.05, 0.1) is 11.4 Å². The molecule has 0 saturated carbocycles. The molecule has 2 aliphatic rings. The first kappa shape index (κ1) is 32.8. The van der Waals surface area contributed by atoms with E-state index in [2.05, 4.69) is 191 Å². The summed E-state index contributed by atoms with van der Waals surface area (Å²) < 4.78 is 0. The van der Waals surface area contributed by atoms with Gasteiger partial charge in [-0.25, -0.2) is 9.97 Å². The third kappa shape index (κ3) is 4.82. The van der Waals surface area contributed by atoms with Crippen molar-refractivity contribution in [3.63, 3.8) is 0 Å². The van der Waals surface area contributed by atoms with Crippen molar-refractivity contribution in [3.8, 4) is 67.3 Å². The zero-order valence-electron chi connectivity index (χ0n) is 32.1. The summed E-state index contributed by atoms with van der Waals surface area (Å²) >= 11 is 0. The van der Waals surface area contributed by atoms with Crippen molar-refractivity contribution < 1.29 is 0 Å². The van der Waals surface area contributed by atoms with Gasteiger partial charge in [0, 0.05) is 27.5 Å². The van der Waals surface area contributed by atoms with Crippen molar-refractivity contribution >= 4 is 21.5 Å². The number of benzene rings is 8. The monoisotopic (exact) mass is 716 g/mol. The van der Waals surface area contributed by atoms with Crippen LogP contribution in [0.5, 0.6) is 0 Å². The van der Waals surface area contributed by atoms with Gasteiger partial charge in [0.15, 0.2) is 5.82 Å². The molecule has 0 aliphatic heterocycles. The Balaban J connectivity index is 1.11. The summed E-state index contributed by atoms with van der Waals surface area (Å²) in [7, 11) is 0. The van der Waals surface area contributed by atoms with Gasteiger partial charge in [-0.3, -0.25) is 0 Å². The fourth-order valence-electron chi connectivity index (χ4n) is 9.68. The van der Waals surface area contributed by atoms with Crippen LogP contribution in [0.3, 0.4) is 0 Å². The van der Waals surface area contributed by atoms with Crippen LogP contribution in [-0.4, -0.2) is 9.97 Å². The van der Waals surface area contributed by atoms with Crippen LogP contribution in [0.4, 0.5) is 0 Å². The molecule has 0 atom stereocenters. The summed E-state index contributed by atoms with van der Waals surface area (Å²) in [6.45, 7) is 9.43. The average molecular weight is 717 g/mol. The van der Waals surface area contributed by atoms with E-state index in [9.17, 15) is 0 Å². The maximum Gasteiger partial charge on any atom is 0.160 e. The molecule has 11 rings (SSSR count). The zero-order valence-corrected chi connectivity index (χ0v) is 32.1. The van der Waals surface area contributed by atoms with Crippen LogP contribution < -0.4 is 0 Å². The number of fused-ring (bicyclic) bond motifs is 8. The van der Waals surface area contributed by atoms with Crippen molar-refractivity contribution in [2.24, 2.45) is 0 Å². The zero-order chi connectivity index (χ0) is 37.8. The second kappa shape index (κ2) is 11.9. The molecule has 0 amide bonds. The van der Waals surface area contributed by atoms with Crippen molar-refractivity contribution in [1.29, 1.82) is 0 Å². The standard InChI is InChI=1S/C54H40N2/c1-53(2)45-26-25-38(29-42(45)43-27-34-17-8-10-19-36(34)30-47(43)53)49-32-50(56-52(55-49)33-15-6-5-7-16-33)40-22-13-12-21-39(40)41-23-14-24-46-51(41)44-28-35-18-9-11-20-37(35)31-48(44)54(46,3)4/h5-32H,1-4H3. The molecule has 8 aromatic carbocycles. The van der Waals surface area contributed by atoms with Crippen LogP contribution in [0.15, 0.2) is 170 Å². The second-order valence-electron chi connectivity index (χ2n) is 16.6. The van der Waals surface area contributed by atoms with Gasteiger partial charge >= 0.3 is 0 Å². The number of aromatic nitrogens is 2. The lowest BCUT2D eigenvalue weighted by molar-refractivity contribution is 0.661. The van der Waals surface area contributed by atoms with E-state index in [1.807, 2.05) is 6.07 Å². The third-order valence-electron chi connectivity index (χ3n) is 12.7. The summed E-state index contributed by atoms with van der Waals surface area (Å²) in [5.41, 5.74) is 17.8. The summed E-state index contributed by atoms with van der Waals surface area (Å²) in [4.78, 5) is 10.6. The molecule has 0 fully saturated rings. The van der Waals surface area contributed by atoms with Crippen molar-refractivity contribution in [1.82, 2.24) is 9.97 Å². The quantitative estimate of drug-likeness (QED) is 0.181. The summed E-state index contributed by atoms with van der Waals surface area (Å²) in [6.07, 6.45) is 0. The Morgan fingerprint density at radius 2 is 0.857 bits per heavy atom. The van der Waals surface area contributed by atoms with Crippen LogP contribution >= 0.6 is 0 Å². The molecule has 0 spiro atoms. The summed E-state index contributed by atoms with van der Waals surface area (Å²) in [5, 5.41) is 5.09. The van der Waals surface area contributed by atoms with E-state index in [-0.39, 0.29) is 10.8 Å². The molecule has 1 heterocycles. The molecule has 2 nitrogen and oxygen atoms in total. The van der Waals surface area contributed by atoms with Gasteiger partial charge in [-0.05, 0) is 114 Å². The fourth-order valence-corrected chi connectivity index (χ4v) is 9.68. The SMILES string of the molecule is CC1(C)c2ccc(-c3cc(-c4ccccc4-c4cccc5c4-c4cc6ccccc6cc4C5(C)C)nc(-c4ccccc4)n3)cc2-c2cc3ccccc3cc21. The van der Waals surface area contributed by atoms with Crippen molar-refractivity contribution in [3.05, 3.63) is 192 Å². The van der Waals surface area contributed by atoms with E-state index in [0.29, 0.717) is 0 Å². The highest BCUT2D eigenvalue weighted by Gasteiger charge is 2.38. The smallest absolute Gasteiger partial charge is 0.160 e. The predicted octanol–water partition coefficient (Wildman–Crippen LogP) is 14.1. The lowest BCUT2D eigenvalue weighted by Crippen LogP contribution is -2.14. The molecule has 0 N–H and O–H groups in total. The van der Waals surface area contributed by atoms with E-state index in [1.165, 1.54) is 77.2 Å². The largest absolute Gasteiger partial charge is 0.228 e. The minimum atomic E-state index is -0.130. The lowest BCUT2D eigenvalue weighted by atomic mass is 9.81. The number of hydrogen-bond acceptors (Lipinski definition) is 2. The Hall–Kier alpha value is -6.64. The second-order valence-corrected chi connectivity index (χ2v) is 16.6. The minimum Gasteiger partial charge on any atom is -0.228 e. The van der Waals surface area contributed by atoms with E-state index < -0.39 is 0 Å². The highest BCUT2D eigenvalue weighted by molar-refractivity contribution is 6.01. The topological polar surface area (TPSA) is 25.8 Å². The van der Waals surface area contributed by atoms with E-state index in [1.54, 1.807) is 0 Å². The molecule has 1 aromatic heterocycles. The molecule has 266 valence electrons. The maximum atomic E-state index is 5.35. The highest BCUT2D eigenvalue weighted by Crippen LogP contribution is 2.54.